The van der Waals surface area contributed by atoms with E-state index < -0.39 is 17.7 Å². The minimum absolute atomic E-state index is 0.0254. The van der Waals surface area contributed by atoms with Crippen LogP contribution in [0.1, 0.15) is 45.1 Å². The van der Waals surface area contributed by atoms with Gasteiger partial charge < -0.3 is 10.3 Å². The van der Waals surface area contributed by atoms with Gasteiger partial charge in [0.25, 0.3) is 0 Å². The number of nitrogens with zero attached hydrogens (tertiary/aromatic N) is 2. The first-order chi connectivity index (χ1) is 17.3. The Kier molecular flexibility index (Phi) is 7.67. The molecule has 0 saturated heterocycles. The molecule has 0 unspecified atom stereocenters. The van der Waals surface area contributed by atoms with Crippen LogP contribution >= 0.6 is 23.2 Å². The molecule has 0 amide bonds. The Labute approximate surface area is 217 Å². The predicted octanol–water partition coefficient (Wildman–Crippen LogP) is 7.60. The molecule has 8 heteroatoms. The number of oxime groups is 1. The third kappa shape index (κ3) is 5.56. The maximum atomic E-state index is 15.0. The monoisotopic (exact) mass is 522 g/mol. The van der Waals surface area contributed by atoms with Crippen LogP contribution in [-0.2, 0) is 0 Å². The molecule has 0 bridgehead atoms. The number of rotatable bonds is 7. The van der Waals surface area contributed by atoms with E-state index >= 15 is 4.39 Å². The van der Waals surface area contributed by atoms with Crippen molar-refractivity contribution < 1.29 is 19.5 Å². The van der Waals surface area contributed by atoms with Gasteiger partial charge >= 0.3 is 5.97 Å². The molecular weight excluding hydrogens is 502 g/mol. The third-order valence-corrected chi connectivity index (χ3v) is 6.48. The molecule has 0 radical (unpaired) electrons. The van der Waals surface area contributed by atoms with Crippen molar-refractivity contribution in [2.45, 2.75) is 19.3 Å². The number of aryl methyl sites for hydroxylation is 1. The number of benzene rings is 3. The lowest BCUT2D eigenvalue weighted by atomic mass is 9.84. The van der Waals surface area contributed by atoms with Gasteiger partial charge in [0.15, 0.2) is 0 Å². The zero-order valence-corrected chi connectivity index (χ0v) is 20.6. The van der Waals surface area contributed by atoms with Crippen LogP contribution in [0.3, 0.4) is 0 Å². The van der Waals surface area contributed by atoms with Gasteiger partial charge in [-0.15, -0.1) is 0 Å². The van der Waals surface area contributed by atoms with Crippen molar-refractivity contribution >= 4 is 34.9 Å². The summed E-state index contributed by atoms with van der Waals surface area (Å²) in [5, 5.41) is 23.0. The van der Waals surface area contributed by atoms with Crippen LogP contribution in [0.15, 0.2) is 84.1 Å². The Morgan fingerprint density at radius 1 is 1.00 bits per heavy atom. The van der Waals surface area contributed by atoms with E-state index in [9.17, 15) is 15.1 Å². The number of aromatic carboxylic acids is 1. The first-order valence-electron chi connectivity index (χ1n) is 11.0. The van der Waals surface area contributed by atoms with Crippen molar-refractivity contribution in [2.24, 2.45) is 5.16 Å². The summed E-state index contributed by atoms with van der Waals surface area (Å²) in [6, 6.07) is 20.2. The van der Waals surface area contributed by atoms with E-state index in [2.05, 4.69) is 10.1 Å². The van der Waals surface area contributed by atoms with E-state index in [1.165, 1.54) is 12.1 Å². The summed E-state index contributed by atoms with van der Waals surface area (Å²) < 4.78 is 15.0. The Bertz CT molecular complexity index is 1460. The molecule has 1 atom stereocenters. The second-order valence-electron chi connectivity index (χ2n) is 8.28. The van der Waals surface area contributed by atoms with E-state index in [0.29, 0.717) is 16.8 Å². The Balaban J connectivity index is 1.73. The highest BCUT2D eigenvalue weighted by molar-refractivity contribution is 6.33. The van der Waals surface area contributed by atoms with Gasteiger partial charge in [-0.05, 0) is 65.6 Å². The van der Waals surface area contributed by atoms with Crippen molar-refractivity contribution in [2.75, 3.05) is 0 Å². The van der Waals surface area contributed by atoms with E-state index in [1.807, 2.05) is 31.2 Å². The van der Waals surface area contributed by atoms with Gasteiger partial charge in [0.1, 0.15) is 5.82 Å². The molecule has 0 aliphatic rings. The molecular formula is C28H21Cl2FN2O3. The highest BCUT2D eigenvalue weighted by Gasteiger charge is 2.22. The number of carboxylic acids is 1. The number of carbonyl (C=O) groups is 1. The number of hydrogen-bond acceptors (Lipinski definition) is 4. The van der Waals surface area contributed by atoms with Crippen LogP contribution in [0.2, 0.25) is 10.0 Å². The molecule has 3 aromatic carbocycles. The fourth-order valence-electron chi connectivity index (χ4n) is 4.10. The number of aromatic nitrogens is 1. The van der Waals surface area contributed by atoms with Gasteiger partial charge in [0.05, 0.1) is 16.3 Å². The second-order valence-corrected chi connectivity index (χ2v) is 9.12. The van der Waals surface area contributed by atoms with Gasteiger partial charge in [-0.1, -0.05) is 64.8 Å². The van der Waals surface area contributed by atoms with Gasteiger partial charge in [-0.25, -0.2) is 9.18 Å². The van der Waals surface area contributed by atoms with E-state index in [1.54, 1.807) is 42.6 Å². The molecule has 1 heterocycles. The molecule has 5 nitrogen and oxygen atoms in total. The quantitative estimate of drug-likeness (QED) is 0.148. The number of pyridine rings is 1. The first kappa shape index (κ1) is 25.4. The maximum Gasteiger partial charge on any atom is 0.337 e. The largest absolute Gasteiger partial charge is 0.478 e. The number of carboxylic acid groups (broad SMARTS) is 1. The molecule has 36 heavy (non-hydrogen) atoms. The standard InChI is InChI=1S/C28H21Cl2FN2O3/c1-16-12-20(10-11-32-16)27(33-36)15-24(22-9-7-21(29)14-26(22)31)18-4-2-17(3-5-18)19-6-8-23(28(34)35)25(30)13-19/h2-14,24,36H,15H2,1H3,(H,34,35)/t24-/m0/s1. The van der Waals surface area contributed by atoms with Crippen molar-refractivity contribution in [3.05, 3.63) is 123 Å². The highest BCUT2D eigenvalue weighted by atomic mass is 35.5. The van der Waals surface area contributed by atoms with Crippen molar-refractivity contribution in [3.63, 3.8) is 0 Å². The lowest BCUT2D eigenvalue weighted by molar-refractivity contribution is 0.0697. The molecule has 2 N–H and O–H groups in total. The highest BCUT2D eigenvalue weighted by Crippen LogP contribution is 2.34. The Morgan fingerprint density at radius 2 is 1.72 bits per heavy atom. The predicted molar refractivity (Wildman–Crippen MR) is 139 cm³/mol. The molecule has 0 aliphatic heterocycles. The lowest BCUT2D eigenvalue weighted by Crippen LogP contribution is -2.12. The van der Waals surface area contributed by atoms with Crippen molar-refractivity contribution in [1.82, 2.24) is 4.98 Å². The number of halogens is 3. The fraction of sp³-hybridized carbons (Fsp3) is 0.107. The molecule has 182 valence electrons. The molecule has 1 aromatic heterocycles. The third-order valence-electron chi connectivity index (χ3n) is 5.93. The average molecular weight is 523 g/mol. The summed E-state index contributed by atoms with van der Waals surface area (Å²) in [5.41, 5.74) is 4.63. The van der Waals surface area contributed by atoms with E-state index in [0.717, 1.165) is 22.4 Å². The lowest BCUT2D eigenvalue weighted by Gasteiger charge is -2.20. The zero-order valence-electron chi connectivity index (χ0n) is 19.1. The summed E-state index contributed by atoms with van der Waals surface area (Å²) in [6.07, 6.45) is 1.85. The van der Waals surface area contributed by atoms with E-state index in [4.69, 9.17) is 23.2 Å². The molecule has 4 aromatic rings. The summed E-state index contributed by atoms with van der Waals surface area (Å²) in [7, 11) is 0. The van der Waals surface area contributed by atoms with Crippen LogP contribution in [-0.4, -0.2) is 27.0 Å². The fourth-order valence-corrected chi connectivity index (χ4v) is 4.52. The van der Waals surface area contributed by atoms with Crippen molar-refractivity contribution in [3.8, 4) is 11.1 Å². The molecule has 0 saturated carbocycles. The first-order valence-corrected chi connectivity index (χ1v) is 11.7. The minimum Gasteiger partial charge on any atom is -0.478 e. The molecule has 0 aliphatic carbocycles. The summed E-state index contributed by atoms with van der Waals surface area (Å²) in [4.78, 5) is 15.4. The van der Waals surface area contributed by atoms with Gasteiger partial charge in [0.2, 0.25) is 0 Å². The molecule has 4 rings (SSSR count). The van der Waals surface area contributed by atoms with Crippen LogP contribution in [0.5, 0.6) is 0 Å². The molecule has 0 spiro atoms. The second kappa shape index (κ2) is 10.9. The number of hydrogen-bond donors (Lipinski definition) is 2. The smallest absolute Gasteiger partial charge is 0.337 e. The van der Waals surface area contributed by atoms with Gasteiger partial charge in [-0.3, -0.25) is 4.98 Å². The molecule has 0 fully saturated rings. The van der Waals surface area contributed by atoms with Crippen LogP contribution in [0, 0.1) is 12.7 Å². The van der Waals surface area contributed by atoms with Crippen LogP contribution in [0.25, 0.3) is 11.1 Å². The topological polar surface area (TPSA) is 82.8 Å². The zero-order chi connectivity index (χ0) is 25.8. The van der Waals surface area contributed by atoms with E-state index in [-0.39, 0.29) is 22.0 Å². The Hall–Kier alpha value is -3.74. The summed E-state index contributed by atoms with van der Waals surface area (Å²) in [5.74, 6) is -2.04. The van der Waals surface area contributed by atoms with Gasteiger partial charge in [0, 0.05) is 34.8 Å². The SMILES string of the molecule is Cc1cc(C(C[C@@H](c2ccc(-c3ccc(C(=O)O)c(Cl)c3)cc2)c2ccc(Cl)cc2F)=NO)ccn1. The summed E-state index contributed by atoms with van der Waals surface area (Å²) in [6.45, 7) is 1.84. The van der Waals surface area contributed by atoms with Crippen LogP contribution in [0.4, 0.5) is 4.39 Å². The normalized spacial score (nSPS) is 12.4. The Morgan fingerprint density at radius 3 is 2.33 bits per heavy atom. The average Bonchev–Trinajstić information content (AvgIpc) is 2.85. The van der Waals surface area contributed by atoms with Gasteiger partial charge in [-0.2, -0.15) is 0 Å². The van der Waals surface area contributed by atoms with Crippen molar-refractivity contribution in [1.29, 1.82) is 0 Å². The minimum atomic E-state index is -1.10. The van der Waals surface area contributed by atoms with Crippen LogP contribution < -0.4 is 0 Å². The summed E-state index contributed by atoms with van der Waals surface area (Å²) >= 11 is 12.1. The maximum absolute atomic E-state index is 15.0.